The van der Waals surface area contributed by atoms with Gasteiger partial charge in [0.25, 0.3) is 5.91 Å². The van der Waals surface area contributed by atoms with Crippen LogP contribution < -0.4 is 5.32 Å². The lowest BCUT2D eigenvalue weighted by molar-refractivity contribution is 0.0696. The number of nitrogens with zero attached hydrogens (tertiary/aromatic N) is 4. The Morgan fingerprint density at radius 3 is 2.24 bits per heavy atom. The fourth-order valence-corrected chi connectivity index (χ4v) is 5.11. The summed E-state index contributed by atoms with van der Waals surface area (Å²) in [6.45, 7) is 3.92. The minimum Gasteiger partial charge on any atom is -0.478 e. The molecular formula is C33H27N5O3. The van der Waals surface area contributed by atoms with E-state index in [0.29, 0.717) is 5.56 Å². The lowest BCUT2D eigenvalue weighted by Crippen LogP contribution is -2.27. The van der Waals surface area contributed by atoms with Crippen LogP contribution in [0.1, 0.15) is 57.8 Å². The Labute approximate surface area is 236 Å². The predicted molar refractivity (Wildman–Crippen MR) is 158 cm³/mol. The molecule has 0 aliphatic heterocycles. The molecule has 2 atom stereocenters. The van der Waals surface area contributed by atoms with E-state index >= 15 is 0 Å². The number of nitrogens with one attached hydrogen (secondary N) is 1. The molecule has 6 aromatic rings. The Bertz CT molecular complexity index is 1900. The number of aromatic nitrogens is 4. The van der Waals surface area contributed by atoms with Gasteiger partial charge in [0.15, 0.2) is 0 Å². The Kier molecular flexibility index (Phi) is 6.73. The van der Waals surface area contributed by atoms with Crippen molar-refractivity contribution in [3.8, 4) is 11.1 Å². The summed E-state index contributed by atoms with van der Waals surface area (Å²) in [5, 5.41) is 17.9. The maximum absolute atomic E-state index is 13.9. The summed E-state index contributed by atoms with van der Waals surface area (Å²) in [6, 6.07) is 25.8. The van der Waals surface area contributed by atoms with Crippen LogP contribution in [0.3, 0.4) is 0 Å². The number of carboxylic acid groups (broad SMARTS) is 1. The minimum atomic E-state index is -0.991. The van der Waals surface area contributed by atoms with Gasteiger partial charge in [-0.05, 0) is 72.5 Å². The lowest BCUT2D eigenvalue weighted by atomic mass is 9.99. The topological polar surface area (TPSA) is 110 Å². The summed E-state index contributed by atoms with van der Waals surface area (Å²) in [4.78, 5) is 34.0. The van der Waals surface area contributed by atoms with Crippen LogP contribution in [-0.2, 0) is 0 Å². The molecule has 8 heteroatoms. The first-order valence-electron chi connectivity index (χ1n) is 13.3. The van der Waals surface area contributed by atoms with Crippen LogP contribution in [0, 0.1) is 0 Å². The Morgan fingerprint density at radius 1 is 0.805 bits per heavy atom. The van der Waals surface area contributed by atoms with Gasteiger partial charge in [-0.3, -0.25) is 19.4 Å². The van der Waals surface area contributed by atoms with Gasteiger partial charge >= 0.3 is 5.97 Å². The number of amides is 1. The standard InChI is InChI=1S/C33H27N5O3/c1-20(22-8-10-24(11-9-22)33(40)41)37-32(39)28-17-26(23-6-4-3-5-7-23)16-27-19-36-38(31(27)28)21(2)25-12-13-29-30(18-25)35-15-14-34-29/h3-21H,1-2H3,(H,37,39)(H,40,41)/t20-,21+/m0/s1. The number of aromatic carboxylic acids is 1. The van der Waals surface area contributed by atoms with Gasteiger partial charge in [0, 0.05) is 17.8 Å². The SMILES string of the molecule is C[C@H](NC(=O)c1cc(-c2ccccc2)cc2cnn([C@H](C)c3ccc4nccnc4c3)c12)c1ccc(C(=O)O)cc1. The second-order valence-corrected chi connectivity index (χ2v) is 10.0. The summed E-state index contributed by atoms with van der Waals surface area (Å²) >= 11 is 0. The Morgan fingerprint density at radius 2 is 1.51 bits per heavy atom. The molecule has 0 saturated carbocycles. The molecule has 41 heavy (non-hydrogen) atoms. The van der Waals surface area contributed by atoms with Gasteiger partial charge < -0.3 is 10.4 Å². The molecule has 2 aromatic heterocycles. The summed E-state index contributed by atoms with van der Waals surface area (Å²) in [5.41, 5.74) is 6.73. The number of carbonyl (C=O) groups is 2. The van der Waals surface area contributed by atoms with Gasteiger partial charge in [0.2, 0.25) is 0 Å². The molecular weight excluding hydrogens is 514 g/mol. The van der Waals surface area contributed by atoms with Crippen molar-refractivity contribution in [3.63, 3.8) is 0 Å². The van der Waals surface area contributed by atoms with E-state index in [0.717, 1.165) is 44.2 Å². The largest absolute Gasteiger partial charge is 0.478 e. The molecule has 8 nitrogen and oxygen atoms in total. The molecule has 0 saturated heterocycles. The maximum Gasteiger partial charge on any atom is 0.335 e. The molecule has 0 aliphatic rings. The monoisotopic (exact) mass is 541 g/mol. The number of carbonyl (C=O) groups excluding carboxylic acids is 1. The number of rotatable bonds is 7. The molecule has 0 spiro atoms. The summed E-state index contributed by atoms with van der Waals surface area (Å²) in [5.74, 6) is -1.24. The molecule has 2 heterocycles. The van der Waals surface area contributed by atoms with Crippen molar-refractivity contribution < 1.29 is 14.7 Å². The molecule has 202 valence electrons. The normalized spacial score (nSPS) is 12.7. The fraction of sp³-hybridized carbons (Fsp3) is 0.121. The zero-order valence-electron chi connectivity index (χ0n) is 22.5. The molecule has 1 amide bonds. The highest BCUT2D eigenvalue weighted by molar-refractivity contribution is 6.07. The number of hydrogen-bond acceptors (Lipinski definition) is 5. The van der Waals surface area contributed by atoms with Crippen LogP contribution in [-0.4, -0.2) is 36.7 Å². The first kappa shape index (κ1) is 25.9. The lowest BCUT2D eigenvalue weighted by Gasteiger charge is -2.19. The molecule has 0 unspecified atom stereocenters. The number of hydrogen-bond donors (Lipinski definition) is 2. The van der Waals surface area contributed by atoms with Gasteiger partial charge in [-0.25, -0.2) is 4.79 Å². The van der Waals surface area contributed by atoms with E-state index in [9.17, 15) is 14.7 Å². The van der Waals surface area contributed by atoms with Crippen LogP contribution in [0.2, 0.25) is 0 Å². The summed E-state index contributed by atoms with van der Waals surface area (Å²) < 4.78 is 1.88. The average Bonchev–Trinajstić information content (AvgIpc) is 3.44. The van der Waals surface area contributed by atoms with E-state index in [2.05, 4.69) is 21.4 Å². The third kappa shape index (κ3) is 5.03. The van der Waals surface area contributed by atoms with E-state index in [4.69, 9.17) is 5.10 Å². The summed E-state index contributed by atoms with van der Waals surface area (Å²) in [7, 11) is 0. The zero-order chi connectivity index (χ0) is 28.5. The third-order valence-electron chi connectivity index (χ3n) is 7.39. The quantitative estimate of drug-likeness (QED) is 0.241. The van der Waals surface area contributed by atoms with E-state index in [1.165, 1.54) is 0 Å². The van der Waals surface area contributed by atoms with E-state index in [-0.39, 0.29) is 23.6 Å². The molecule has 4 aromatic carbocycles. The molecule has 2 N–H and O–H groups in total. The van der Waals surface area contributed by atoms with E-state index in [1.807, 2.05) is 73.1 Å². The van der Waals surface area contributed by atoms with Crippen molar-refractivity contribution in [1.29, 1.82) is 0 Å². The van der Waals surface area contributed by atoms with E-state index < -0.39 is 5.97 Å². The predicted octanol–water partition coefficient (Wildman–Crippen LogP) is 6.45. The van der Waals surface area contributed by atoms with E-state index in [1.54, 1.807) is 42.9 Å². The van der Waals surface area contributed by atoms with Gasteiger partial charge in [-0.1, -0.05) is 48.5 Å². The highest BCUT2D eigenvalue weighted by atomic mass is 16.4. The van der Waals surface area contributed by atoms with Crippen molar-refractivity contribution in [2.24, 2.45) is 0 Å². The first-order chi connectivity index (χ1) is 19.9. The average molecular weight is 542 g/mol. The summed E-state index contributed by atoms with van der Waals surface area (Å²) in [6.07, 6.45) is 5.14. The highest BCUT2D eigenvalue weighted by Crippen LogP contribution is 2.32. The van der Waals surface area contributed by atoms with Gasteiger partial charge in [0.1, 0.15) is 0 Å². The van der Waals surface area contributed by atoms with Crippen LogP contribution in [0.5, 0.6) is 0 Å². The number of fused-ring (bicyclic) bond motifs is 2. The third-order valence-corrected chi connectivity index (χ3v) is 7.39. The van der Waals surface area contributed by atoms with Crippen LogP contribution in [0.25, 0.3) is 33.1 Å². The van der Waals surface area contributed by atoms with Crippen molar-refractivity contribution in [2.45, 2.75) is 25.9 Å². The molecule has 0 fully saturated rings. The van der Waals surface area contributed by atoms with Crippen LogP contribution in [0.4, 0.5) is 0 Å². The number of carboxylic acids is 1. The van der Waals surface area contributed by atoms with Gasteiger partial charge in [0.05, 0.1) is 46.0 Å². The van der Waals surface area contributed by atoms with Crippen molar-refractivity contribution in [3.05, 3.63) is 126 Å². The second-order valence-electron chi connectivity index (χ2n) is 10.0. The highest BCUT2D eigenvalue weighted by Gasteiger charge is 2.22. The molecule has 6 rings (SSSR count). The Hall–Kier alpha value is -5.37. The number of benzene rings is 4. The van der Waals surface area contributed by atoms with Gasteiger partial charge in [-0.2, -0.15) is 5.10 Å². The van der Waals surface area contributed by atoms with Crippen molar-refractivity contribution >= 4 is 33.8 Å². The maximum atomic E-state index is 13.9. The first-order valence-corrected chi connectivity index (χ1v) is 13.3. The molecule has 0 bridgehead atoms. The van der Waals surface area contributed by atoms with Gasteiger partial charge in [-0.15, -0.1) is 0 Å². The second kappa shape index (κ2) is 10.7. The molecule has 0 radical (unpaired) electrons. The molecule has 0 aliphatic carbocycles. The van der Waals surface area contributed by atoms with Crippen LogP contribution in [0.15, 0.2) is 104 Å². The van der Waals surface area contributed by atoms with Crippen LogP contribution >= 0.6 is 0 Å². The van der Waals surface area contributed by atoms with Crippen molar-refractivity contribution in [2.75, 3.05) is 0 Å². The smallest absolute Gasteiger partial charge is 0.335 e. The minimum absolute atomic E-state index is 0.186. The fourth-order valence-electron chi connectivity index (χ4n) is 5.11. The zero-order valence-corrected chi connectivity index (χ0v) is 22.5. The van der Waals surface area contributed by atoms with Crippen molar-refractivity contribution in [1.82, 2.24) is 25.1 Å². The Balaban J connectivity index is 1.42.